The smallest absolute Gasteiger partial charge is 0.219 e. The fraction of sp³-hybridized carbons (Fsp3) is 0.400. The van der Waals surface area contributed by atoms with E-state index in [9.17, 15) is 13.2 Å². The number of rotatable bonds is 4. The summed E-state index contributed by atoms with van der Waals surface area (Å²) in [6, 6.07) is 4.01. The first-order valence-corrected chi connectivity index (χ1v) is 14.9. The van der Waals surface area contributed by atoms with Gasteiger partial charge in [-0.15, -0.1) is 11.3 Å². The molecule has 6 rings (SSSR count). The molecule has 2 N–H and O–H groups in total. The number of carbonyl (C=O) groups excluding carboxylic acids is 1. The van der Waals surface area contributed by atoms with Crippen LogP contribution in [0.1, 0.15) is 49.9 Å². The standard InChI is InChI=1S/C25H27N7O3S2/c1-13-12-36-25(29-13)20-7-4-15(10-27-20)19-11-28-32-23(26)22(37(3,34)35)21(30-24(19)32)16-8-17-5-6-18(9-16)31(17)14(2)33/h4,7,10-12,16-18H,5-6,8-9,26H2,1-3H3/t16-,17-,18+. The SMILES string of the molecule is CC(=O)N1[C@@H]2CC[C@H]1C[C@H](c1nc3c(-c4ccc(-c5nc(C)cs5)nc4)cnn3c(N)c1S(C)(=O)=O)C2. The van der Waals surface area contributed by atoms with Crippen LogP contribution < -0.4 is 5.73 Å². The summed E-state index contributed by atoms with van der Waals surface area (Å²) < 4.78 is 27.2. The highest BCUT2D eigenvalue weighted by Gasteiger charge is 2.44. The molecule has 0 radical (unpaired) electrons. The summed E-state index contributed by atoms with van der Waals surface area (Å²) in [5, 5.41) is 7.22. The third-order valence-corrected chi connectivity index (χ3v) is 9.57. The van der Waals surface area contributed by atoms with Gasteiger partial charge < -0.3 is 10.6 Å². The molecule has 12 heteroatoms. The number of fused-ring (bicyclic) bond motifs is 3. The van der Waals surface area contributed by atoms with Crippen molar-refractivity contribution in [2.75, 3.05) is 12.0 Å². The minimum absolute atomic E-state index is 0.0305. The molecule has 0 spiro atoms. The van der Waals surface area contributed by atoms with Gasteiger partial charge in [-0.25, -0.2) is 18.4 Å². The molecule has 3 atom stereocenters. The van der Waals surface area contributed by atoms with E-state index in [1.54, 1.807) is 19.3 Å². The molecular formula is C25H27N7O3S2. The second kappa shape index (κ2) is 8.59. The normalized spacial score (nSPS) is 21.6. The summed E-state index contributed by atoms with van der Waals surface area (Å²) in [6.45, 7) is 3.55. The van der Waals surface area contributed by atoms with Gasteiger partial charge in [-0.1, -0.05) is 6.07 Å². The first kappa shape index (κ1) is 24.0. The Kier molecular flexibility index (Phi) is 5.57. The highest BCUT2D eigenvalue weighted by molar-refractivity contribution is 7.91. The van der Waals surface area contributed by atoms with E-state index >= 15 is 0 Å². The number of hydrogen-bond donors (Lipinski definition) is 1. The Labute approximate surface area is 218 Å². The summed E-state index contributed by atoms with van der Waals surface area (Å²) in [5.41, 5.74) is 10.7. The van der Waals surface area contributed by atoms with E-state index < -0.39 is 9.84 Å². The number of hydrogen-bond acceptors (Lipinski definition) is 9. The van der Waals surface area contributed by atoms with Crippen LogP contribution in [-0.2, 0) is 14.6 Å². The number of carbonyl (C=O) groups is 1. The second-order valence-corrected chi connectivity index (χ2v) is 12.8. The van der Waals surface area contributed by atoms with Gasteiger partial charge in [-0.2, -0.15) is 9.61 Å². The van der Waals surface area contributed by atoms with Gasteiger partial charge in [-0.05, 0) is 38.7 Å². The van der Waals surface area contributed by atoms with Crippen LogP contribution in [-0.4, -0.2) is 62.1 Å². The van der Waals surface area contributed by atoms with Crippen molar-refractivity contribution in [3.05, 3.63) is 41.3 Å². The number of nitrogens with zero attached hydrogens (tertiary/aromatic N) is 6. The highest BCUT2D eigenvalue weighted by atomic mass is 32.2. The average molecular weight is 538 g/mol. The third kappa shape index (κ3) is 3.98. The summed E-state index contributed by atoms with van der Waals surface area (Å²) in [7, 11) is -3.69. The largest absolute Gasteiger partial charge is 0.382 e. The quantitative estimate of drug-likeness (QED) is 0.418. The minimum Gasteiger partial charge on any atom is -0.382 e. The van der Waals surface area contributed by atoms with E-state index in [1.165, 1.54) is 15.9 Å². The summed E-state index contributed by atoms with van der Waals surface area (Å²) in [6.07, 6.45) is 7.70. The minimum atomic E-state index is -3.69. The van der Waals surface area contributed by atoms with E-state index in [0.717, 1.165) is 41.1 Å². The molecule has 0 unspecified atom stereocenters. The van der Waals surface area contributed by atoms with Crippen LogP contribution in [0.5, 0.6) is 0 Å². The van der Waals surface area contributed by atoms with E-state index in [-0.39, 0.29) is 34.6 Å². The summed E-state index contributed by atoms with van der Waals surface area (Å²) in [4.78, 5) is 28.2. The Hall–Kier alpha value is -3.38. The van der Waals surface area contributed by atoms with Crippen LogP contribution in [0.25, 0.3) is 27.5 Å². The van der Waals surface area contributed by atoms with E-state index in [4.69, 9.17) is 10.7 Å². The Morgan fingerprint density at radius 3 is 2.43 bits per heavy atom. The first-order chi connectivity index (χ1) is 17.6. The Balaban J connectivity index is 1.45. The van der Waals surface area contributed by atoms with Gasteiger partial charge in [0.15, 0.2) is 15.5 Å². The Bertz CT molecular complexity index is 1630. The number of amides is 1. The second-order valence-electron chi connectivity index (χ2n) is 9.98. The van der Waals surface area contributed by atoms with Gasteiger partial charge in [0.2, 0.25) is 5.91 Å². The van der Waals surface area contributed by atoms with E-state index in [2.05, 4.69) is 15.1 Å². The lowest BCUT2D eigenvalue weighted by molar-refractivity contribution is -0.133. The number of aromatic nitrogens is 5. The maximum atomic E-state index is 12.9. The molecule has 1 amide bonds. The number of nitrogen functional groups attached to an aromatic ring is 1. The van der Waals surface area contributed by atoms with Crippen molar-refractivity contribution in [2.45, 2.75) is 62.4 Å². The summed E-state index contributed by atoms with van der Waals surface area (Å²) >= 11 is 1.54. The molecule has 0 aromatic carbocycles. The lowest BCUT2D eigenvalue weighted by Gasteiger charge is -2.38. The van der Waals surface area contributed by atoms with Crippen molar-refractivity contribution in [3.8, 4) is 21.8 Å². The molecule has 6 heterocycles. The number of nitrogens with two attached hydrogens (primary N) is 1. The third-order valence-electron chi connectivity index (χ3n) is 7.43. The molecule has 2 bridgehead atoms. The molecule has 2 aliphatic heterocycles. The highest BCUT2D eigenvalue weighted by Crippen LogP contribution is 2.45. The predicted molar refractivity (Wildman–Crippen MR) is 141 cm³/mol. The van der Waals surface area contributed by atoms with Gasteiger partial charge in [0, 0.05) is 59.6 Å². The zero-order chi connectivity index (χ0) is 26.1. The van der Waals surface area contributed by atoms with Crippen LogP contribution in [0.4, 0.5) is 5.82 Å². The lowest BCUT2D eigenvalue weighted by atomic mass is 9.87. The zero-order valence-corrected chi connectivity index (χ0v) is 22.4. The Morgan fingerprint density at radius 2 is 1.86 bits per heavy atom. The molecule has 2 saturated heterocycles. The molecule has 2 fully saturated rings. The van der Waals surface area contributed by atoms with E-state index in [0.29, 0.717) is 29.7 Å². The van der Waals surface area contributed by atoms with Crippen LogP contribution in [0.3, 0.4) is 0 Å². The van der Waals surface area contributed by atoms with Gasteiger partial charge >= 0.3 is 0 Å². The molecule has 37 heavy (non-hydrogen) atoms. The molecule has 2 aliphatic rings. The summed E-state index contributed by atoms with van der Waals surface area (Å²) in [5.74, 6) is -0.00130. The number of pyridine rings is 1. The topological polar surface area (TPSA) is 136 Å². The van der Waals surface area contributed by atoms with Crippen LogP contribution >= 0.6 is 11.3 Å². The number of sulfone groups is 1. The van der Waals surface area contributed by atoms with Crippen LogP contribution in [0.2, 0.25) is 0 Å². The average Bonchev–Trinajstić information content (AvgIpc) is 3.54. The van der Waals surface area contributed by atoms with Crippen molar-refractivity contribution in [1.29, 1.82) is 0 Å². The first-order valence-electron chi connectivity index (χ1n) is 12.2. The van der Waals surface area contributed by atoms with Crippen LogP contribution in [0, 0.1) is 6.92 Å². The van der Waals surface area contributed by atoms with Crippen LogP contribution in [0.15, 0.2) is 34.8 Å². The van der Waals surface area contributed by atoms with Gasteiger partial charge in [0.25, 0.3) is 0 Å². The molecule has 0 aliphatic carbocycles. The van der Waals surface area contributed by atoms with Crippen molar-refractivity contribution in [2.24, 2.45) is 0 Å². The predicted octanol–water partition coefficient (Wildman–Crippen LogP) is 3.47. The molecule has 4 aromatic rings. The molecular weight excluding hydrogens is 510 g/mol. The number of aryl methyl sites for hydroxylation is 1. The maximum absolute atomic E-state index is 12.9. The van der Waals surface area contributed by atoms with Crippen molar-refractivity contribution < 1.29 is 13.2 Å². The fourth-order valence-electron chi connectivity index (χ4n) is 5.94. The fourth-order valence-corrected chi connectivity index (χ4v) is 7.78. The monoisotopic (exact) mass is 537 g/mol. The van der Waals surface area contributed by atoms with Crippen molar-refractivity contribution in [3.63, 3.8) is 0 Å². The van der Waals surface area contributed by atoms with Gasteiger partial charge in [-0.3, -0.25) is 9.78 Å². The zero-order valence-electron chi connectivity index (χ0n) is 20.7. The van der Waals surface area contributed by atoms with Gasteiger partial charge in [0.05, 0.1) is 17.6 Å². The van der Waals surface area contributed by atoms with Gasteiger partial charge in [0.1, 0.15) is 15.7 Å². The molecule has 4 aromatic heterocycles. The molecule has 0 saturated carbocycles. The molecule has 192 valence electrons. The van der Waals surface area contributed by atoms with E-state index in [1.807, 2.05) is 29.3 Å². The number of anilines is 1. The van der Waals surface area contributed by atoms with Crippen molar-refractivity contribution >= 4 is 38.5 Å². The number of thiazole rings is 1. The maximum Gasteiger partial charge on any atom is 0.219 e. The lowest BCUT2D eigenvalue weighted by Crippen LogP contribution is -2.45. The number of piperidine rings is 1. The Morgan fingerprint density at radius 1 is 1.14 bits per heavy atom. The molecule has 10 nitrogen and oxygen atoms in total. The van der Waals surface area contributed by atoms with Crippen molar-refractivity contribution in [1.82, 2.24) is 29.5 Å².